The van der Waals surface area contributed by atoms with E-state index in [1.807, 2.05) is 41.2 Å². The average Bonchev–Trinajstić information content (AvgIpc) is 3.24. The van der Waals surface area contributed by atoms with Crippen LogP contribution in [-0.2, 0) is 0 Å². The van der Waals surface area contributed by atoms with Gasteiger partial charge in [0.2, 0.25) is 11.7 Å². The van der Waals surface area contributed by atoms with E-state index < -0.39 is 0 Å². The largest absolute Gasteiger partial charge is 0.493 e. The summed E-state index contributed by atoms with van der Waals surface area (Å²) in [6, 6.07) is 7.74. The van der Waals surface area contributed by atoms with Crippen LogP contribution in [0.1, 0.15) is 6.42 Å². The Morgan fingerprint density at radius 2 is 1.94 bits per heavy atom. The summed E-state index contributed by atoms with van der Waals surface area (Å²) in [6.07, 6.45) is 6.61. The average molecular weight is 478 g/mol. The minimum absolute atomic E-state index is 0.0979. The van der Waals surface area contributed by atoms with Gasteiger partial charge in [0.25, 0.3) is 0 Å². The first-order valence-electron chi connectivity index (χ1n) is 11.5. The fraction of sp³-hybridized carbons (Fsp3) is 0.375. The van der Waals surface area contributed by atoms with Crippen molar-refractivity contribution >= 4 is 23.1 Å². The van der Waals surface area contributed by atoms with Crippen molar-refractivity contribution in [2.75, 3.05) is 44.7 Å². The van der Waals surface area contributed by atoms with Crippen molar-refractivity contribution in [1.82, 2.24) is 24.1 Å². The summed E-state index contributed by atoms with van der Waals surface area (Å²) in [7, 11) is 4.74. The van der Waals surface area contributed by atoms with Gasteiger partial charge in [-0.25, -0.2) is 9.50 Å². The number of hydrogen-bond donors (Lipinski definition) is 2. The summed E-state index contributed by atoms with van der Waals surface area (Å²) in [6.45, 7) is 1.03. The molecule has 4 aromatic rings. The first-order chi connectivity index (χ1) is 17.1. The molecule has 0 spiro atoms. The molecule has 0 bridgehead atoms. The molecule has 3 aromatic heterocycles. The standard InChI is InChI=1S/C24H27N7O4/c1-33-19-8-15(9-20(34-2)22(19)35-3)29-11-21(25-13-29)26-24-27-23(17-5-4-6-31(17)28-24)30-10-14-7-16(14)18(30)12-32/h4-6,8-9,11,13-14,16,18,32H,7,10,12H2,1-3H3,(H,26,28)/t14-,16-,18-/m0/s1. The van der Waals surface area contributed by atoms with E-state index in [1.165, 1.54) is 6.42 Å². The second-order valence-electron chi connectivity index (χ2n) is 8.83. The summed E-state index contributed by atoms with van der Waals surface area (Å²) in [4.78, 5) is 11.5. The van der Waals surface area contributed by atoms with Crippen LogP contribution in [0.4, 0.5) is 17.6 Å². The fourth-order valence-electron chi connectivity index (χ4n) is 5.09. The maximum atomic E-state index is 9.99. The van der Waals surface area contributed by atoms with Gasteiger partial charge in [-0.2, -0.15) is 4.98 Å². The summed E-state index contributed by atoms with van der Waals surface area (Å²) >= 11 is 0. The van der Waals surface area contributed by atoms with Crippen LogP contribution < -0.4 is 24.4 Å². The number of piperidine rings is 1. The number of aliphatic hydroxyl groups excluding tert-OH is 1. The highest BCUT2D eigenvalue weighted by Gasteiger charge is 2.52. The Morgan fingerprint density at radius 3 is 2.66 bits per heavy atom. The van der Waals surface area contributed by atoms with Gasteiger partial charge in [0.15, 0.2) is 23.1 Å². The molecule has 2 aliphatic rings. The Morgan fingerprint density at radius 1 is 1.14 bits per heavy atom. The molecule has 1 aliphatic carbocycles. The van der Waals surface area contributed by atoms with Crippen LogP contribution >= 0.6 is 0 Å². The lowest BCUT2D eigenvalue weighted by molar-refractivity contribution is 0.255. The first-order valence-corrected chi connectivity index (χ1v) is 11.5. The monoisotopic (exact) mass is 477 g/mol. The van der Waals surface area contributed by atoms with E-state index in [0.717, 1.165) is 23.6 Å². The summed E-state index contributed by atoms with van der Waals surface area (Å²) in [5.74, 6) is 4.66. The molecule has 0 unspecified atom stereocenters. The zero-order chi connectivity index (χ0) is 24.1. The number of hydrogen-bond acceptors (Lipinski definition) is 9. The van der Waals surface area contributed by atoms with Crippen molar-refractivity contribution in [3.63, 3.8) is 0 Å². The maximum Gasteiger partial charge on any atom is 0.248 e. The Kier molecular flexibility index (Phi) is 5.14. The Labute approximate surface area is 201 Å². The molecular weight excluding hydrogens is 450 g/mol. The molecule has 6 rings (SSSR count). The molecular formula is C24H27N7O4. The third-order valence-electron chi connectivity index (χ3n) is 6.90. The lowest BCUT2D eigenvalue weighted by atomic mass is 10.2. The van der Waals surface area contributed by atoms with Crippen LogP contribution in [0.3, 0.4) is 0 Å². The molecule has 2 fully saturated rings. The number of methoxy groups -OCH3 is 3. The first kappa shape index (κ1) is 21.5. The molecule has 182 valence electrons. The highest BCUT2D eigenvalue weighted by molar-refractivity contribution is 5.72. The van der Waals surface area contributed by atoms with Gasteiger partial charge in [0.1, 0.15) is 11.8 Å². The molecule has 1 saturated heterocycles. The van der Waals surface area contributed by atoms with E-state index in [2.05, 4.69) is 20.3 Å². The Bertz CT molecular complexity index is 1360. The second-order valence-corrected chi connectivity index (χ2v) is 8.83. The normalized spacial score (nSPS) is 20.7. The van der Waals surface area contributed by atoms with Gasteiger partial charge in [-0.3, -0.25) is 0 Å². The van der Waals surface area contributed by atoms with Crippen molar-refractivity contribution in [1.29, 1.82) is 0 Å². The van der Waals surface area contributed by atoms with Crippen molar-refractivity contribution in [2.45, 2.75) is 12.5 Å². The highest BCUT2D eigenvalue weighted by Crippen LogP contribution is 2.51. The van der Waals surface area contributed by atoms with Crippen molar-refractivity contribution in [2.24, 2.45) is 11.8 Å². The van der Waals surface area contributed by atoms with Crippen molar-refractivity contribution < 1.29 is 19.3 Å². The number of aliphatic hydroxyl groups is 1. The van der Waals surface area contributed by atoms with Gasteiger partial charge in [-0.05, 0) is 30.4 Å². The molecule has 0 amide bonds. The van der Waals surface area contributed by atoms with Crippen molar-refractivity contribution in [3.05, 3.63) is 43.0 Å². The summed E-state index contributed by atoms with van der Waals surface area (Å²) < 4.78 is 20.0. The van der Waals surface area contributed by atoms with E-state index in [-0.39, 0.29) is 12.6 Å². The summed E-state index contributed by atoms with van der Waals surface area (Å²) in [5, 5.41) is 17.8. The number of nitrogens with zero attached hydrogens (tertiary/aromatic N) is 6. The van der Waals surface area contributed by atoms with Crippen LogP contribution in [0, 0.1) is 11.8 Å². The molecule has 3 atom stereocenters. The third-order valence-corrected chi connectivity index (χ3v) is 6.90. The van der Waals surface area contributed by atoms with E-state index in [0.29, 0.717) is 40.9 Å². The number of ether oxygens (including phenoxy) is 3. The van der Waals surface area contributed by atoms with Crippen LogP contribution in [0.2, 0.25) is 0 Å². The second kappa shape index (κ2) is 8.35. The maximum absolute atomic E-state index is 9.99. The minimum atomic E-state index is 0.0979. The van der Waals surface area contributed by atoms with Gasteiger partial charge in [-0.1, -0.05) is 0 Å². The third kappa shape index (κ3) is 3.59. The highest BCUT2D eigenvalue weighted by atomic mass is 16.5. The van der Waals surface area contributed by atoms with Crippen molar-refractivity contribution in [3.8, 4) is 22.9 Å². The Hall–Kier alpha value is -3.99. The van der Waals surface area contributed by atoms with Gasteiger partial charge in [-0.15, -0.1) is 5.10 Å². The fourth-order valence-corrected chi connectivity index (χ4v) is 5.09. The van der Waals surface area contributed by atoms with Crippen LogP contribution in [-0.4, -0.2) is 69.8 Å². The predicted molar refractivity (Wildman–Crippen MR) is 129 cm³/mol. The number of aromatic nitrogens is 5. The predicted octanol–water partition coefficient (Wildman–Crippen LogP) is 2.50. The zero-order valence-electron chi connectivity index (χ0n) is 19.8. The lowest BCUT2D eigenvalue weighted by Crippen LogP contribution is -2.37. The van der Waals surface area contributed by atoms with Crippen LogP contribution in [0.25, 0.3) is 11.2 Å². The van der Waals surface area contributed by atoms with Crippen LogP contribution in [0.15, 0.2) is 43.0 Å². The quantitative estimate of drug-likeness (QED) is 0.395. The van der Waals surface area contributed by atoms with E-state index in [9.17, 15) is 5.11 Å². The molecule has 1 aromatic carbocycles. The molecule has 1 aliphatic heterocycles. The smallest absolute Gasteiger partial charge is 0.248 e. The molecule has 0 radical (unpaired) electrons. The number of benzene rings is 1. The zero-order valence-corrected chi connectivity index (χ0v) is 19.8. The summed E-state index contributed by atoms with van der Waals surface area (Å²) in [5.41, 5.74) is 1.71. The molecule has 35 heavy (non-hydrogen) atoms. The molecule has 1 saturated carbocycles. The van der Waals surface area contributed by atoms with Crippen LogP contribution in [0.5, 0.6) is 17.2 Å². The molecule has 11 heteroatoms. The van der Waals surface area contributed by atoms with Gasteiger partial charge < -0.3 is 34.1 Å². The molecule has 4 heterocycles. The van der Waals surface area contributed by atoms with E-state index >= 15 is 0 Å². The molecule has 2 N–H and O–H groups in total. The molecule has 11 nitrogen and oxygen atoms in total. The lowest BCUT2D eigenvalue weighted by Gasteiger charge is -2.27. The number of rotatable bonds is 8. The number of anilines is 3. The number of fused-ring (bicyclic) bond motifs is 2. The number of imidazole rings is 1. The van der Waals surface area contributed by atoms with Gasteiger partial charge >= 0.3 is 0 Å². The van der Waals surface area contributed by atoms with Gasteiger partial charge in [0.05, 0.1) is 45.9 Å². The van der Waals surface area contributed by atoms with E-state index in [1.54, 1.807) is 32.2 Å². The Balaban J connectivity index is 1.31. The number of nitrogens with one attached hydrogen (secondary N) is 1. The topological polar surface area (TPSA) is 111 Å². The van der Waals surface area contributed by atoms with E-state index in [4.69, 9.17) is 19.2 Å². The van der Waals surface area contributed by atoms with Gasteiger partial charge in [0, 0.05) is 24.9 Å². The minimum Gasteiger partial charge on any atom is -0.493 e. The SMILES string of the molecule is COc1cc(-n2cnc(Nc3nc(N4C[C@@H]5C[C@@H]5[C@@H]4CO)c4cccn4n3)c2)cc(OC)c1OC.